The highest BCUT2D eigenvalue weighted by Crippen LogP contribution is 2.45. The maximum atomic E-state index is 9.58. The van der Waals surface area contributed by atoms with Crippen LogP contribution in [0.15, 0.2) is 48.5 Å². The van der Waals surface area contributed by atoms with Gasteiger partial charge in [-0.25, -0.2) is 0 Å². The Morgan fingerprint density at radius 1 is 0.750 bits per heavy atom. The van der Waals surface area contributed by atoms with E-state index >= 15 is 0 Å². The Bertz CT molecular complexity index is 550. The molecule has 0 bridgehead atoms. The first-order valence-electron chi connectivity index (χ1n) is 7.20. The van der Waals surface area contributed by atoms with E-state index in [4.69, 9.17) is 0 Å². The summed E-state index contributed by atoms with van der Waals surface area (Å²) < 4.78 is 0. The molecule has 0 atom stereocenters. The van der Waals surface area contributed by atoms with Crippen LogP contribution in [0.4, 0.5) is 0 Å². The first-order valence-corrected chi connectivity index (χ1v) is 7.20. The zero-order valence-corrected chi connectivity index (χ0v) is 11.5. The van der Waals surface area contributed by atoms with Crippen molar-refractivity contribution in [2.24, 2.45) is 0 Å². The van der Waals surface area contributed by atoms with Crippen LogP contribution in [0.25, 0.3) is 0 Å². The maximum absolute atomic E-state index is 9.58. The topological polar surface area (TPSA) is 40.5 Å². The quantitative estimate of drug-likeness (QED) is 0.895. The van der Waals surface area contributed by atoms with Gasteiger partial charge >= 0.3 is 0 Å². The minimum absolute atomic E-state index is 0.128. The summed E-state index contributed by atoms with van der Waals surface area (Å²) in [4.78, 5) is 0. The summed E-state index contributed by atoms with van der Waals surface area (Å²) in [6, 6.07) is 16.9. The summed E-state index contributed by atoms with van der Waals surface area (Å²) >= 11 is 0. The summed E-state index contributed by atoms with van der Waals surface area (Å²) in [5, 5.41) is 19.2. The minimum Gasteiger partial charge on any atom is -0.396 e. The molecule has 0 aliphatic heterocycles. The fourth-order valence-corrected chi connectivity index (χ4v) is 3.68. The molecular formula is C18H20O2. The molecule has 0 saturated carbocycles. The van der Waals surface area contributed by atoms with E-state index in [0.717, 1.165) is 6.42 Å². The Hall–Kier alpha value is -1.64. The predicted octanol–water partition coefficient (Wildman–Crippen LogP) is 2.64. The Morgan fingerprint density at radius 3 is 1.65 bits per heavy atom. The van der Waals surface area contributed by atoms with Gasteiger partial charge in [0.1, 0.15) is 0 Å². The molecule has 0 aromatic heterocycles. The molecule has 1 aliphatic rings. The summed E-state index contributed by atoms with van der Waals surface area (Å²) in [6.45, 7) is 0.255. The molecule has 2 aromatic carbocycles. The molecule has 20 heavy (non-hydrogen) atoms. The van der Waals surface area contributed by atoms with Gasteiger partial charge in [0.05, 0.1) is 0 Å². The highest BCUT2D eigenvalue weighted by molar-refractivity contribution is 5.53. The molecule has 0 fully saturated rings. The first kappa shape index (κ1) is 13.3. The average molecular weight is 268 g/mol. The highest BCUT2D eigenvalue weighted by Gasteiger charge is 2.39. The van der Waals surface area contributed by atoms with Crippen molar-refractivity contribution >= 4 is 0 Å². The molecule has 2 aromatic rings. The van der Waals surface area contributed by atoms with Gasteiger partial charge in [0.2, 0.25) is 0 Å². The summed E-state index contributed by atoms with van der Waals surface area (Å²) in [6.07, 6.45) is 2.24. The van der Waals surface area contributed by atoms with E-state index in [-0.39, 0.29) is 18.6 Å². The lowest BCUT2D eigenvalue weighted by molar-refractivity contribution is 0.208. The van der Waals surface area contributed by atoms with E-state index in [9.17, 15) is 10.2 Å². The van der Waals surface area contributed by atoms with Crippen LogP contribution in [-0.2, 0) is 11.8 Å². The summed E-state index contributed by atoms with van der Waals surface area (Å²) in [7, 11) is 0. The smallest absolute Gasteiger partial charge is 0.0442 e. The Morgan fingerprint density at radius 2 is 1.20 bits per heavy atom. The van der Waals surface area contributed by atoms with Crippen LogP contribution < -0.4 is 0 Å². The average Bonchev–Trinajstić information content (AvgIpc) is 2.48. The molecule has 104 valence electrons. The van der Waals surface area contributed by atoms with E-state index in [1.165, 1.54) is 22.3 Å². The third-order valence-electron chi connectivity index (χ3n) is 4.52. The monoisotopic (exact) mass is 268 g/mol. The van der Waals surface area contributed by atoms with Crippen LogP contribution in [-0.4, -0.2) is 23.4 Å². The standard InChI is InChI=1S/C18H20O2/c19-11-9-18(10-12-20)16-7-3-1-5-14(16)13-15-6-2-4-8-17(15)18/h1-8,19-20H,9-13H2. The molecule has 2 heteroatoms. The second-order valence-electron chi connectivity index (χ2n) is 5.52. The van der Waals surface area contributed by atoms with Crippen LogP contribution in [0.3, 0.4) is 0 Å². The van der Waals surface area contributed by atoms with Crippen molar-refractivity contribution in [3.63, 3.8) is 0 Å². The van der Waals surface area contributed by atoms with Crippen molar-refractivity contribution in [2.75, 3.05) is 13.2 Å². The molecule has 0 saturated heterocycles. The van der Waals surface area contributed by atoms with Gasteiger partial charge in [-0.3, -0.25) is 0 Å². The van der Waals surface area contributed by atoms with E-state index in [0.29, 0.717) is 12.8 Å². The van der Waals surface area contributed by atoms with Gasteiger partial charge in [-0.1, -0.05) is 48.5 Å². The second-order valence-corrected chi connectivity index (χ2v) is 5.52. The molecule has 0 spiro atoms. The number of aliphatic hydroxyl groups is 2. The fraction of sp³-hybridized carbons (Fsp3) is 0.333. The third-order valence-corrected chi connectivity index (χ3v) is 4.52. The second kappa shape index (κ2) is 5.39. The Kier molecular flexibility index (Phi) is 3.60. The Balaban J connectivity index is 2.25. The maximum Gasteiger partial charge on any atom is 0.0442 e. The van der Waals surface area contributed by atoms with Gasteiger partial charge in [-0.2, -0.15) is 0 Å². The minimum atomic E-state index is -0.255. The first-order chi connectivity index (χ1) is 9.81. The largest absolute Gasteiger partial charge is 0.396 e. The zero-order chi connectivity index (χ0) is 14.0. The van der Waals surface area contributed by atoms with Crippen LogP contribution in [0, 0.1) is 0 Å². The van der Waals surface area contributed by atoms with Gasteiger partial charge in [0.25, 0.3) is 0 Å². The molecule has 2 N–H and O–H groups in total. The van der Waals surface area contributed by atoms with E-state index in [2.05, 4.69) is 48.5 Å². The third kappa shape index (κ3) is 1.96. The van der Waals surface area contributed by atoms with Gasteiger partial charge in [0.15, 0.2) is 0 Å². The Labute approximate surface area is 119 Å². The molecule has 2 nitrogen and oxygen atoms in total. The van der Waals surface area contributed by atoms with Crippen molar-refractivity contribution < 1.29 is 10.2 Å². The van der Waals surface area contributed by atoms with Crippen molar-refractivity contribution in [1.29, 1.82) is 0 Å². The van der Waals surface area contributed by atoms with E-state index < -0.39 is 0 Å². The zero-order valence-electron chi connectivity index (χ0n) is 11.5. The molecule has 0 heterocycles. The van der Waals surface area contributed by atoms with Gasteiger partial charge < -0.3 is 10.2 Å². The number of hydrogen-bond acceptors (Lipinski definition) is 2. The molecule has 0 amide bonds. The number of hydrogen-bond donors (Lipinski definition) is 2. The lowest BCUT2D eigenvalue weighted by Crippen LogP contribution is -2.35. The SMILES string of the molecule is OCCC1(CCO)c2ccccc2Cc2ccccc21. The lowest BCUT2D eigenvalue weighted by atomic mass is 9.63. The van der Waals surface area contributed by atoms with Gasteiger partial charge in [-0.05, 0) is 41.5 Å². The highest BCUT2D eigenvalue weighted by atomic mass is 16.3. The number of aliphatic hydroxyl groups excluding tert-OH is 2. The van der Waals surface area contributed by atoms with Crippen molar-refractivity contribution in [3.05, 3.63) is 70.8 Å². The van der Waals surface area contributed by atoms with E-state index in [1.54, 1.807) is 0 Å². The van der Waals surface area contributed by atoms with Crippen LogP contribution >= 0.6 is 0 Å². The van der Waals surface area contributed by atoms with Crippen LogP contribution in [0.2, 0.25) is 0 Å². The molecule has 0 unspecified atom stereocenters. The number of rotatable bonds is 4. The molecule has 3 rings (SSSR count). The van der Waals surface area contributed by atoms with Crippen molar-refractivity contribution in [1.82, 2.24) is 0 Å². The lowest BCUT2D eigenvalue weighted by Gasteiger charge is -2.40. The predicted molar refractivity (Wildman–Crippen MR) is 79.9 cm³/mol. The molecular weight excluding hydrogens is 248 g/mol. The van der Waals surface area contributed by atoms with E-state index in [1.807, 2.05) is 0 Å². The summed E-state index contributed by atoms with van der Waals surface area (Å²) in [5.74, 6) is 0. The fourth-order valence-electron chi connectivity index (χ4n) is 3.68. The number of fused-ring (bicyclic) bond motifs is 2. The van der Waals surface area contributed by atoms with Crippen molar-refractivity contribution in [3.8, 4) is 0 Å². The summed E-state index contributed by atoms with van der Waals surface area (Å²) in [5.41, 5.74) is 4.90. The van der Waals surface area contributed by atoms with Crippen molar-refractivity contribution in [2.45, 2.75) is 24.7 Å². The van der Waals surface area contributed by atoms with Gasteiger partial charge in [0, 0.05) is 18.6 Å². The molecule has 0 radical (unpaired) electrons. The molecule has 1 aliphatic carbocycles. The van der Waals surface area contributed by atoms with Crippen LogP contribution in [0.5, 0.6) is 0 Å². The van der Waals surface area contributed by atoms with Crippen LogP contribution in [0.1, 0.15) is 35.1 Å². The number of benzene rings is 2. The van der Waals surface area contributed by atoms with Gasteiger partial charge in [-0.15, -0.1) is 0 Å². The normalized spacial score (nSPS) is 15.5.